The summed E-state index contributed by atoms with van der Waals surface area (Å²) in [5.41, 5.74) is 1.88. The van der Waals surface area contributed by atoms with E-state index in [9.17, 15) is 4.39 Å². The van der Waals surface area contributed by atoms with Crippen molar-refractivity contribution in [3.8, 4) is 0 Å². The van der Waals surface area contributed by atoms with Crippen molar-refractivity contribution in [3.05, 3.63) is 29.6 Å². The topological polar surface area (TPSA) is 15.3 Å². The summed E-state index contributed by atoms with van der Waals surface area (Å²) in [6.07, 6.45) is 5.13. The maximum Gasteiger partial charge on any atom is 0.129 e. The third kappa shape index (κ3) is 2.83. The van der Waals surface area contributed by atoms with Gasteiger partial charge in [-0.1, -0.05) is 6.07 Å². The van der Waals surface area contributed by atoms with Gasteiger partial charge in [0.2, 0.25) is 0 Å². The summed E-state index contributed by atoms with van der Waals surface area (Å²) in [5.74, 6) is 0.741. The van der Waals surface area contributed by atoms with E-state index in [4.69, 9.17) is 0 Å². The van der Waals surface area contributed by atoms with Crippen molar-refractivity contribution >= 4 is 5.69 Å². The van der Waals surface area contributed by atoms with Crippen molar-refractivity contribution in [2.75, 3.05) is 18.5 Å². The first-order chi connectivity index (χ1) is 8.74. The summed E-state index contributed by atoms with van der Waals surface area (Å²) in [7, 11) is 2.08. The van der Waals surface area contributed by atoms with Crippen molar-refractivity contribution in [2.45, 2.75) is 38.3 Å². The zero-order chi connectivity index (χ0) is 12.5. The Kier molecular flexibility index (Phi) is 3.25. The molecule has 2 aliphatic carbocycles. The highest BCUT2D eigenvalue weighted by atomic mass is 19.1. The molecule has 18 heavy (non-hydrogen) atoms. The van der Waals surface area contributed by atoms with Crippen molar-refractivity contribution < 1.29 is 4.39 Å². The maximum absolute atomic E-state index is 14.0. The quantitative estimate of drug-likeness (QED) is 0.832. The van der Waals surface area contributed by atoms with E-state index in [2.05, 4.69) is 17.3 Å². The normalized spacial score (nSPS) is 19.0. The van der Waals surface area contributed by atoms with Gasteiger partial charge in [-0.2, -0.15) is 0 Å². The molecule has 2 nitrogen and oxygen atoms in total. The van der Waals surface area contributed by atoms with Crippen molar-refractivity contribution in [3.63, 3.8) is 0 Å². The van der Waals surface area contributed by atoms with Gasteiger partial charge in [-0.3, -0.25) is 0 Å². The Morgan fingerprint density at radius 3 is 2.72 bits per heavy atom. The van der Waals surface area contributed by atoms with Crippen LogP contribution >= 0.6 is 0 Å². The van der Waals surface area contributed by atoms with Crippen LogP contribution in [0.15, 0.2) is 18.2 Å². The van der Waals surface area contributed by atoms with Gasteiger partial charge in [-0.05, 0) is 43.7 Å². The molecule has 0 atom stereocenters. The van der Waals surface area contributed by atoms with Crippen LogP contribution < -0.4 is 10.2 Å². The smallest absolute Gasteiger partial charge is 0.129 e. The molecule has 98 valence electrons. The summed E-state index contributed by atoms with van der Waals surface area (Å²) in [4.78, 5) is 2.21. The van der Waals surface area contributed by atoms with E-state index < -0.39 is 0 Å². The highest BCUT2D eigenvalue weighted by Gasteiger charge is 2.25. The SMILES string of the molecule is CN(CC1CC1)c1cccc(F)c1CNC1CC1. The first-order valence-electron chi connectivity index (χ1n) is 6.96. The third-order valence-corrected chi connectivity index (χ3v) is 3.88. The van der Waals surface area contributed by atoms with Crippen LogP contribution in [0.3, 0.4) is 0 Å². The molecule has 2 aliphatic rings. The molecule has 0 radical (unpaired) electrons. The van der Waals surface area contributed by atoms with E-state index in [0.717, 1.165) is 23.7 Å². The lowest BCUT2D eigenvalue weighted by atomic mass is 10.1. The molecule has 3 heteroatoms. The predicted molar refractivity (Wildman–Crippen MR) is 72.3 cm³/mol. The Morgan fingerprint density at radius 1 is 1.28 bits per heavy atom. The van der Waals surface area contributed by atoms with Gasteiger partial charge in [0.15, 0.2) is 0 Å². The fraction of sp³-hybridized carbons (Fsp3) is 0.600. The van der Waals surface area contributed by atoms with E-state index in [0.29, 0.717) is 12.6 Å². The molecule has 0 aromatic heterocycles. The molecule has 0 amide bonds. The number of benzene rings is 1. The Morgan fingerprint density at radius 2 is 2.06 bits per heavy atom. The fourth-order valence-corrected chi connectivity index (χ4v) is 2.40. The van der Waals surface area contributed by atoms with Crippen molar-refractivity contribution in [2.24, 2.45) is 5.92 Å². The van der Waals surface area contributed by atoms with E-state index >= 15 is 0 Å². The number of hydrogen-bond donors (Lipinski definition) is 1. The number of halogens is 1. The molecule has 0 spiro atoms. The zero-order valence-electron chi connectivity index (χ0n) is 11.0. The largest absolute Gasteiger partial charge is 0.374 e. The molecule has 1 aromatic carbocycles. The number of nitrogens with one attached hydrogen (secondary N) is 1. The Bertz CT molecular complexity index is 425. The van der Waals surface area contributed by atoms with Crippen LogP contribution in [-0.2, 0) is 6.54 Å². The number of nitrogens with zero attached hydrogens (tertiary/aromatic N) is 1. The van der Waals surface area contributed by atoms with Crippen LogP contribution in [0.4, 0.5) is 10.1 Å². The van der Waals surface area contributed by atoms with Crippen LogP contribution in [0.5, 0.6) is 0 Å². The Balaban J connectivity index is 1.74. The third-order valence-electron chi connectivity index (χ3n) is 3.88. The lowest BCUT2D eigenvalue weighted by Gasteiger charge is -2.23. The molecular weight excluding hydrogens is 227 g/mol. The Hall–Kier alpha value is -1.09. The van der Waals surface area contributed by atoms with Crippen LogP contribution in [0.1, 0.15) is 31.2 Å². The minimum absolute atomic E-state index is 0.0803. The highest BCUT2D eigenvalue weighted by Crippen LogP contribution is 2.32. The second-order valence-corrected chi connectivity index (χ2v) is 5.72. The van der Waals surface area contributed by atoms with E-state index in [1.165, 1.54) is 25.7 Å². The summed E-state index contributed by atoms with van der Waals surface area (Å²) >= 11 is 0. The standard InChI is InChI=1S/C15H21FN2/c1-18(10-11-5-6-11)15-4-2-3-14(16)13(15)9-17-12-7-8-12/h2-4,11-12,17H,5-10H2,1H3. The summed E-state index contributed by atoms with van der Waals surface area (Å²) in [5, 5.41) is 3.41. The zero-order valence-corrected chi connectivity index (χ0v) is 11.0. The van der Waals surface area contributed by atoms with Gasteiger partial charge >= 0.3 is 0 Å². The van der Waals surface area contributed by atoms with Gasteiger partial charge in [-0.15, -0.1) is 0 Å². The molecule has 0 saturated heterocycles. The average molecular weight is 248 g/mol. The molecular formula is C15H21FN2. The molecule has 0 heterocycles. The summed E-state index contributed by atoms with van der Waals surface area (Å²) in [6.45, 7) is 1.71. The van der Waals surface area contributed by atoms with Crippen molar-refractivity contribution in [1.29, 1.82) is 0 Å². The van der Waals surface area contributed by atoms with Gasteiger partial charge in [0, 0.05) is 37.4 Å². The predicted octanol–water partition coefficient (Wildman–Crippen LogP) is 2.92. The molecule has 1 N–H and O–H groups in total. The summed E-state index contributed by atoms with van der Waals surface area (Å²) in [6, 6.07) is 6.04. The van der Waals surface area contributed by atoms with Crippen LogP contribution in [0, 0.1) is 11.7 Å². The number of anilines is 1. The molecule has 0 bridgehead atoms. The van der Waals surface area contributed by atoms with Crippen LogP contribution in [0.2, 0.25) is 0 Å². The minimum atomic E-state index is -0.0803. The number of rotatable bonds is 6. The van der Waals surface area contributed by atoms with Gasteiger partial charge < -0.3 is 10.2 Å². The monoisotopic (exact) mass is 248 g/mol. The van der Waals surface area contributed by atoms with E-state index in [1.807, 2.05) is 12.1 Å². The lowest BCUT2D eigenvalue weighted by molar-refractivity contribution is 0.585. The van der Waals surface area contributed by atoms with Gasteiger partial charge in [0.1, 0.15) is 5.82 Å². The van der Waals surface area contributed by atoms with Gasteiger partial charge in [0.05, 0.1) is 0 Å². The lowest BCUT2D eigenvalue weighted by Crippen LogP contribution is -2.24. The first kappa shape index (κ1) is 12.0. The maximum atomic E-state index is 14.0. The average Bonchev–Trinajstić information content (AvgIpc) is 3.22. The second kappa shape index (κ2) is 4.88. The Labute approximate surface area is 108 Å². The van der Waals surface area contributed by atoms with Gasteiger partial charge in [0.25, 0.3) is 0 Å². The molecule has 0 aliphatic heterocycles. The molecule has 3 rings (SSSR count). The first-order valence-corrected chi connectivity index (χ1v) is 6.96. The van der Waals surface area contributed by atoms with Gasteiger partial charge in [-0.25, -0.2) is 4.39 Å². The molecule has 2 saturated carbocycles. The second-order valence-electron chi connectivity index (χ2n) is 5.72. The summed E-state index contributed by atoms with van der Waals surface area (Å²) < 4.78 is 14.0. The van der Waals surface area contributed by atoms with E-state index in [1.54, 1.807) is 6.07 Å². The fourth-order valence-electron chi connectivity index (χ4n) is 2.40. The van der Waals surface area contributed by atoms with Crippen LogP contribution in [0.25, 0.3) is 0 Å². The van der Waals surface area contributed by atoms with Crippen molar-refractivity contribution in [1.82, 2.24) is 5.32 Å². The number of hydrogen-bond acceptors (Lipinski definition) is 2. The molecule has 0 unspecified atom stereocenters. The van der Waals surface area contributed by atoms with Crippen LogP contribution in [-0.4, -0.2) is 19.6 Å². The molecule has 1 aromatic rings. The molecule has 2 fully saturated rings. The minimum Gasteiger partial charge on any atom is -0.374 e. The van der Waals surface area contributed by atoms with E-state index in [-0.39, 0.29) is 5.82 Å². The highest BCUT2D eigenvalue weighted by molar-refractivity contribution is 5.53.